The van der Waals surface area contributed by atoms with E-state index in [0.717, 1.165) is 10.9 Å². The number of methoxy groups -OCH3 is 1. The van der Waals surface area contributed by atoms with E-state index in [1.165, 1.54) is 0 Å². The van der Waals surface area contributed by atoms with Gasteiger partial charge in [-0.25, -0.2) is 9.59 Å². The van der Waals surface area contributed by atoms with Crippen molar-refractivity contribution in [3.63, 3.8) is 0 Å². The zero-order chi connectivity index (χ0) is 17.3. The molecule has 2 aromatic carbocycles. The van der Waals surface area contributed by atoms with Crippen LogP contribution in [0.5, 0.6) is 11.5 Å². The number of esters is 1. The minimum atomic E-state index is -0.497. The molecule has 3 aromatic rings. The van der Waals surface area contributed by atoms with Crippen molar-refractivity contribution < 1.29 is 18.7 Å². The number of hydrogen-bond acceptors (Lipinski definition) is 5. The quantitative estimate of drug-likeness (QED) is 0.418. The standard InChI is InChI=1S/C19H16O5/c1-11-12(2)18(20)24-17-10-15(8-9-16(11)17)23-19(21)13-4-6-14(22-3)7-5-13/h4-10H,1-3H3. The largest absolute Gasteiger partial charge is 0.497 e. The first-order chi connectivity index (χ1) is 11.5. The highest BCUT2D eigenvalue weighted by Gasteiger charge is 2.12. The van der Waals surface area contributed by atoms with E-state index in [4.69, 9.17) is 13.9 Å². The summed E-state index contributed by atoms with van der Waals surface area (Å²) in [6, 6.07) is 11.6. The Labute approximate surface area is 138 Å². The van der Waals surface area contributed by atoms with Gasteiger partial charge in [0.25, 0.3) is 0 Å². The maximum absolute atomic E-state index is 12.2. The first kappa shape index (κ1) is 15.8. The Balaban J connectivity index is 1.90. The van der Waals surface area contributed by atoms with Crippen molar-refractivity contribution >= 4 is 16.9 Å². The second kappa shape index (κ2) is 6.20. The molecule has 0 saturated carbocycles. The van der Waals surface area contributed by atoms with Crippen LogP contribution in [-0.2, 0) is 0 Å². The smallest absolute Gasteiger partial charge is 0.343 e. The van der Waals surface area contributed by atoms with Gasteiger partial charge in [-0.1, -0.05) is 0 Å². The highest BCUT2D eigenvalue weighted by atomic mass is 16.5. The second-order valence-corrected chi connectivity index (χ2v) is 5.42. The highest BCUT2D eigenvalue weighted by molar-refractivity contribution is 5.92. The number of aryl methyl sites for hydroxylation is 1. The molecule has 0 aliphatic heterocycles. The van der Waals surface area contributed by atoms with Crippen LogP contribution in [0.3, 0.4) is 0 Å². The average molecular weight is 324 g/mol. The molecule has 0 aliphatic rings. The molecule has 1 aromatic heterocycles. The van der Waals surface area contributed by atoms with Gasteiger partial charge >= 0.3 is 11.6 Å². The Bertz CT molecular complexity index is 967. The monoisotopic (exact) mass is 324 g/mol. The predicted octanol–water partition coefficient (Wildman–Crippen LogP) is 3.64. The fourth-order valence-corrected chi connectivity index (χ4v) is 2.38. The predicted molar refractivity (Wildman–Crippen MR) is 89.9 cm³/mol. The van der Waals surface area contributed by atoms with E-state index in [9.17, 15) is 9.59 Å². The zero-order valence-corrected chi connectivity index (χ0v) is 13.6. The molecule has 0 unspecified atom stereocenters. The lowest BCUT2D eigenvalue weighted by Crippen LogP contribution is -2.09. The van der Waals surface area contributed by atoms with Crippen LogP contribution in [0.2, 0.25) is 0 Å². The minimum Gasteiger partial charge on any atom is -0.497 e. The van der Waals surface area contributed by atoms with Crippen molar-refractivity contribution in [1.29, 1.82) is 0 Å². The Hall–Kier alpha value is -3.08. The van der Waals surface area contributed by atoms with Crippen molar-refractivity contribution in [3.8, 4) is 11.5 Å². The van der Waals surface area contributed by atoms with Crippen molar-refractivity contribution in [3.05, 3.63) is 69.6 Å². The van der Waals surface area contributed by atoms with Crippen LogP contribution < -0.4 is 15.1 Å². The molecule has 0 spiro atoms. The van der Waals surface area contributed by atoms with Gasteiger partial charge in [0.1, 0.15) is 17.1 Å². The SMILES string of the molecule is COc1ccc(C(=O)Oc2ccc3c(C)c(C)c(=O)oc3c2)cc1. The van der Waals surface area contributed by atoms with Gasteiger partial charge < -0.3 is 13.9 Å². The molecule has 0 atom stereocenters. The first-order valence-corrected chi connectivity index (χ1v) is 7.40. The molecule has 5 heteroatoms. The number of benzene rings is 2. The number of fused-ring (bicyclic) bond motifs is 1. The maximum Gasteiger partial charge on any atom is 0.343 e. The Morgan fingerprint density at radius 3 is 2.29 bits per heavy atom. The van der Waals surface area contributed by atoms with Gasteiger partial charge in [-0.2, -0.15) is 0 Å². The minimum absolute atomic E-state index is 0.315. The van der Waals surface area contributed by atoms with Crippen LogP contribution in [-0.4, -0.2) is 13.1 Å². The highest BCUT2D eigenvalue weighted by Crippen LogP contribution is 2.24. The Morgan fingerprint density at radius 2 is 1.62 bits per heavy atom. The van der Waals surface area contributed by atoms with Crippen molar-refractivity contribution in [2.24, 2.45) is 0 Å². The number of carbonyl (C=O) groups is 1. The summed E-state index contributed by atoms with van der Waals surface area (Å²) in [6.45, 7) is 3.58. The average Bonchev–Trinajstić information content (AvgIpc) is 2.59. The lowest BCUT2D eigenvalue weighted by molar-refractivity contribution is 0.0735. The van der Waals surface area contributed by atoms with Gasteiger partial charge in [0.15, 0.2) is 0 Å². The number of hydrogen-bond donors (Lipinski definition) is 0. The molecule has 0 bridgehead atoms. The van der Waals surface area contributed by atoms with Gasteiger partial charge in [-0.15, -0.1) is 0 Å². The van der Waals surface area contributed by atoms with E-state index < -0.39 is 11.6 Å². The van der Waals surface area contributed by atoms with Crippen molar-refractivity contribution in [1.82, 2.24) is 0 Å². The summed E-state index contributed by atoms with van der Waals surface area (Å²) < 4.78 is 15.7. The molecular weight excluding hydrogens is 308 g/mol. The summed E-state index contributed by atoms with van der Waals surface area (Å²) in [5.74, 6) is 0.475. The maximum atomic E-state index is 12.2. The van der Waals surface area contributed by atoms with E-state index in [0.29, 0.717) is 28.2 Å². The van der Waals surface area contributed by atoms with Crippen molar-refractivity contribution in [2.75, 3.05) is 7.11 Å². The topological polar surface area (TPSA) is 65.7 Å². The summed E-state index contributed by atoms with van der Waals surface area (Å²) in [6.07, 6.45) is 0. The van der Waals surface area contributed by atoms with Gasteiger partial charge in [-0.3, -0.25) is 0 Å². The van der Waals surface area contributed by atoms with Gasteiger partial charge in [0, 0.05) is 17.0 Å². The molecule has 0 aliphatic carbocycles. The van der Waals surface area contributed by atoms with Crippen LogP contribution >= 0.6 is 0 Å². The summed E-state index contributed by atoms with van der Waals surface area (Å²) in [5.41, 5.74) is 1.83. The van der Waals surface area contributed by atoms with Crippen LogP contribution in [0.15, 0.2) is 51.7 Å². The van der Waals surface area contributed by atoms with E-state index >= 15 is 0 Å². The Morgan fingerprint density at radius 1 is 0.958 bits per heavy atom. The summed E-state index contributed by atoms with van der Waals surface area (Å²) in [4.78, 5) is 24.0. The van der Waals surface area contributed by atoms with E-state index in [2.05, 4.69) is 0 Å². The molecule has 0 saturated heterocycles. The van der Waals surface area contributed by atoms with Gasteiger partial charge in [-0.05, 0) is 55.8 Å². The van der Waals surface area contributed by atoms with Crippen LogP contribution in [0.25, 0.3) is 11.0 Å². The molecule has 3 rings (SSSR count). The van der Waals surface area contributed by atoms with E-state index in [1.54, 1.807) is 56.5 Å². The fraction of sp³-hybridized carbons (Fsp3) is 0.158. The lowest BCUT2D eigenvalue weighted by atomic mass is 10.1. The molecule has 0 N–H and O–H groups in total. The third kappa shape index (κ3) is 2.88. The first-order valence-electron chi connectivity index (χ1n) is 7.40. The van der Waals surface area contributed by atoms with Crippen LogP contribution in [0.4, 0.5) is 0 Å². The number of rotatable bonds is 3. The van der Waals surface area contributed by atoms with Gasteiger partial charge in [0.05, 0.1) is 12.7 Å². The third-order valence-electron chi connectivity index (χ3n) is 3.96. The molecular formula is C19H16O5. The molecule has 24 heavy (non-hydrogen) atoms. The molecule has 0 fully saturated rings. The molecule has 5 nitrogen and oxygen atoms in total. The molecule has 0 amide bonds. The summed E-state index contributed by atoms with van der Waals surface area (Å²) >= 11 is 0. The molecule has 1 heterocycles. The van der Waals surface area contributed by atoms with Crippen LogP contribution in [0.1, 0.15) is 21.5 Å². The lowest BCUT2D eigenvalue weighted by Gasteiger charge is -2.08. The molecule has 0 radical (unpaired) electrons. The number of carbonyl (C=O) groups excluding carboxylic acids is 1. The second-order valence-electron chi connectivity index (χ2n) is 5.42. The fourth-order valence-electron chi connectivity index (χ4n) is 2.38. The molecule has 122 valence electrons. The van der Waals surface area contributed by atoms with Crippen LogP contribution in [0, 0.1) is 13.8 Å². The Kier molecular flexibility index (Phi) is 4.08. The van der Waals surface area contributed by atoms with Gasteiger partial charge in [0.2, 0.25) is 0 Å². The van der Waals surface area contributed by atoms with Crippen molar-refractivity contribution in [2.45, 2.75) is 13.8 Å². The summed E-state index contributed by atoms with van der Waals surface area (Å²) in [7, 11) is 1.56. The van der Waals surface area contributed by atoms with E-state index in [-0.39, 0.29) is 0 Å². The zero-order valence-electron chi connectivity index (χ0n) is 13.6. The van der Waals surface area contributed by atoms with E-state index in [1.807, 2.05) is 6.92 Å². The summed E-state index contributed by atoms with van der Waals surface area (Å²) in [5, 5.41) is 0.816. The third-order valence-corrected chi connectivity index (χ3v) is 3.96. The normalized spacial score (nSPS) is 10.6. The number of ether oxygens (including phenoxy) is 2.